The summed E-state index contributed by atoms with van der Waals surface area (Å²) >= 11 is 0. The van der Waals surface area contributed by atoms with Gasteiger partial charge in [-0.1, -0.05) is 32.9 Å². The van der Waals surface area contributed by atoms with Gasteiger partial charge in [0.2, 0.25) is 0 Å². The molecule has 112 valence electrons. The molecule has 0 saturated carbocycles. The highest BCUT2D eigenvalue weighted by molar-refractivity contribution is 5.80. The fourth-order valence-corrected chi connectivity index (χ4v) is 1.66. The molecular formula is C16H26N2O2. The van der Waals surface area contributed by atoms with Gasteiger partial charge < -0.3 is 15.4 Å². The monoisotopic (exact) mass is 278 g/mol. The number of rotatable bonds is 8. The molecule has 1 aromatic carbocycles. The van der Waals surface area contributed by atoms with Crippen molar-refractivity contribution in [1.82, 2.24) is 10.6 Å². The molecule has 1 unspecified atom stereocenters. The summed E-state index contributed by atoms with van der Waals surface area (Å²) < 4.78 is 5.64. The number of amides is 1. The molecule has 1 aromatic rings. The molecule has 1 amide bonds. The zero-order chi connectivity index (χ0) is 15.0. The molecule has 0 aliphatic heterocycles. The molecule has 0 fully saturated rings. The van der Waals surface area contributed by atoms with Gasteiger partial charge in [-0.05, 0) is 37.1 Å². The molecule has 2 N–H and O–H groups in total. The molecule has 20 heavy (non-hydrogen) atoms. The van der Waals surface area contributed by atoms with Crippen molar-refractivity contribution in [2.24, 2.45) is 5.92 Å². The van der Waals surface area contributed by atoms with E-state index < -0.39 is 6.10 Å². The van der Waals surface area contributed by atoms with Crippen molar-refractivity contribution in [3.05, 3.63) is 29.8 Å². The average molecular weight is 278 g/mol. The van der Waals surface area contributed by atoms with E-state index in [-0.39, 0.29) is 5.91 Å². The molecule has 0 radical (unpaired) electrons. The van der Waals surface area contributed by atoms with Crippen molar-refractivity contribution in [3.8, 4) is 5.75 Å². The van der Waals surface area contributed by atoms with E-state index in [0.29, 0.717) is 12.5 Å². The fraction of sp³-hybridized carbons (Fsp3) is 0.562. The summed E-state index contributed by atoms with van der Waals surface area (Å²) in [4.78, 5) is 11.8. The fourth-order valence-electron chi connectivity index (χ4n) is 1.66. The second-order valence-corrected chi connectivity index (χ2v) is 5.32. The molecule has 4 nitrogen and oxygen atoms in total. The minimum absolute atomic E-state index is 0.0737. The lowest BCUT2D eigenvalue weighted by atomic mass is 10.2. The Balaban J connectivity index is 2.44. The van der Waals surface area contributed by atoms with Crippen LogP contribution in [0.15, 0.2) is 24.3 Å². The van der Waals surface area contributed by atoms with Crippen molar-refractivity contribution >= 4 is 5.91 Å². The first-order valence-corrected chi connectivity index (χ1v) is 7.27. The summed E-state index contributed by atoms with van der Waals surface area (Å²) in [5, 5.41) is 6.13. The molecule has 0 aliphatic carbocycles. The van der Waals surface area contributed by atoms with Crippen molar-refractivity contribution < 1.29 is 9.53 Å². The highest BCUT2D eigenvalue weighted by atomic mass is 16.5. The first kappa shape index (κ1) is 16.5. The zero-order valence-electron chi connectivity index (χ0n) is 12.9. The second-order valence-electron chi connectivity index (χ2n) is 5.32. The molecule has 0 aromatic heterocycles. The van der Waals surface area contributed by atoms with Crippen molar-refractivity contribution in [2.45, 2.75) is 40.3 Å². The summed E-state index contributed by atoms with van der Waals surface area (Å²) in [5.74, 6) is 1.09. The van der Waals surface area contributed by atoms with Gasteiger partial charge in [0.05, 0.1) is 0 Å². The van der Waals surface area contributed by atoms with Gasteiger partial charge in [0, 0.05) is 13.1 Å². The van der Waals surface area contributed by atoms with Gasteiger partial charge in [-0.3, -0.25) is 4.79 Å². The summed E-state index contributed by atoms with van der Waals surface area (Å²) in [5.41, 5.74) is 1.20. The largest absolute Gasteiger partial charge is 0.481 e. The van der Waals surface area contributed by atoms with Crippen LogP contribution in [-0.4, -0.2) is 25.1 Å². The number of carbonyl (C=O) groups excluding carboxylic acids is 1. The quantitative estimate of drug-likeness (QED) is 0.767. The van der Waals surface area contributed by atoms with Crippen LogP contribution < -0.4 is 15.4 Å². The Morgan fingerprint density at radius 1 is 1.20 bits per heavy atom. The molecule has 0 spiro atoms. The van der Waals surface area contributed by atoms with E-state index >= 15 is 0 Å². The Bertz CT molecular complexity index is 401. The first-order chi connectivity index (χ1) is 9.52. The number of hydrogen-bond donors (Lipinski definition) is 2. The third-order valence-electron chi connectivity index (χ3n) is 2.87. The normalized spacial score (nSPS) is 12.2. The van der Waals surface area contributed by atoms with Gasteiger partial charge in [-0.25, -0.2) is 0 Å². The Morgan fingerprint density at radius 2 is 1.85 bits per heavy atom. The van der Waals surface area contributed by atoms with E-state index in [4.69, 9.17) is 4.74 Å². The summed E-state index contributed by atoms with van der Waals surface area (Å²) in [6.45, 7) is 10.4. The topological polar surface area (TPSA) is 50.4 Å². The molecule has 0 heterocycles. The Morgan fingerprint density at radius 3 is 2.40 bits per heavy atom. The van der Waals surface area contributed by atoms with Gasteiger partial charge in [0.1, 0.15) is 5.75 Å². The minimum atomic E-state index is -0.478. The Hall–Kier alpha value is -1.55. The van der Waals surface area contributed by atoms with Gasteiger partial charge in [0.25, 0.3) is 5.91 Å². The molecule has 1 rings (SSSR count). The standard InChI is InChI=1S/C16H26N2O2/c1-5-17-11-14-6-8-15(9-7-14)20-13(4)16(19)18-10-12(2)3/h6-9,12-13,17H,5,10-11H2,1-4H3,(H,18,19). The Kier molecular flexibility index (Phi) is 7.09. The van der Waals surface area contributed by atoms with Crippen LogP contribution in [0.3, 0.4) is 0 Å². The van der Waals surface area contributed by atoms with Crippen LogP contribution in [0.4, 0.5) is 0 Å². The highest BCUT2D eigenvalue weighted by Crippen LogP contribution is 2.14. The van der Waals surface area contributed by atoms with E-state index in [1.807, 2.05) is 24.3 Å². The molecule has 1 atom stereocenters. The molecular weight excluding hydrogens is 252 g/mol. The molecule has 0 aliphatic rings. The van der Waals surface area contributed by atoms with Crippen molar-refractivity contribution in [3.63, 3.8) is 0 Å². The van der Waals surface area contributed by atoms with Gasteiger partial charge >= 0.3 is 0 Å². The van der Waals surface area contributed by atoms with Crippen LogP contribution >= 0.6 is 0 Å². The van der Waals surface area contributed by atoms with Gasteiger partial charge in [0.15, 0.2) is 6.10 Å². The lowest BCUT2D eigenvalue weighted by Crippen LogP contribution is -2.38. The van der Waals surface area contributed by atoms with Crippen LogP contribution in [0.25, 0.3) is 0 Å². The van der Waals surface area contributed by atoms with E-state index in [1.54, 1.807) is 6.92 Å². The second kappa shape index (κ2) is 8.59. The molecule has 0 bridgehead atoms. The van der Waals surface area contributed by atoms with Gasteiger partial charge in [-0.2, -0.15) is 0 Å². The average Bonchev–Trinajstić information content (AvgIpc) is 2.43. The number of hydrogen-bond acceptors (Lipinski definition) is 3. The van der Waals surface area contributed by atoms with E-state index in [0.717, 1.165) is 18.8 Å². The maximum atomic E-state index is 11.8. The molecule has 4 heteroatoms. The summed E-state index contributed by atoms with van der Waals surface area (Å²) in [6.07, 6.45) is -0.478. The maximum absolute atomic E-state index is 11.8. The number of benzene rings is 1. The summed E-state index contributed by atoms with van der Waals surface area (Å²) in [7, 11) is 0. The number of ether oxygens (including phenoxy) is 1. The zero-order valence-corrected chi connectivity index (χ0v) is 12.9. The van der Waals surface area contributed by atoms with E-state index in [9.17, 15) is 4.79 Å². The van der Waals surface area contributed by atoms with Crippen molar-refractivity contribution in [2.75, 3.05) is 13.1 Å². The van der Waals surface area contributed by atoms with Crippen LogP contribution in [0, 0.1) is 5.92 Å². The Labute approximate surface area is 121 Å². The number of carbonyl (C=O) groups is 1. The van der Waals surface area contributed by atoms with Crippen LogP contribution in [0.5, 0.6) is 5.75 Å². The van der Waals surface area contributed by atoms with Crippen LogP contribution in [-0.2, 0) is 11.3 Å². The smallest absolute Gasteiger partial charge is 0.260 e. The predicted molar refractivity (Wildman–Crippen MR) is 81.8 cm³/mol. The first-order valence-electron chi connectivity index (χ1n) is 7.27. The lowest BCUT2D eigenvalue weighted by Gasteiger charge is -2.16. The van der Waals surface area contributed by atoms with Crippen molar-refractivity contribution in [1.29, 1.82) is 0 Å². The van der Waals surface area contributed by atoms with Crippen LogP contribution in [0.1, 0.15) is 33.3 Å². The highest BCUT2D eigenvalue weighted by Gasteiger charge is 2.14. The van der Waals surface area contributed by atoms with E-state index in [1.165, 1.54) is 5.56 Å². The third-order valence-corrected chi connectivity index (χ3v) is 2.87. The van der Waals surface area contributed by atoms with E-state index in [2.05, 4.69) is 31.4 Å². The SMILES string of the molecule is CCNCc1ccc(OC(C)C(=O)NCC(C)C)cc1. The lowest BCUT2D eigenvalue weighted by molar-refractivity contribution is -0.127. The number of nitrogens with one attached hydrogen (secondary N) is 2. The maximum Gasteiger partial charge on any atom is 0.260 e. The molecule has 0 saturated heterocycles. The predicted octanol–water partition coefficient (Wildman–Crippen LogP) is 2.34. The third kappa shape index (κ3) is 6.06. The summed E-state index contributed by atoms with van der Waals surface area (Å²) in [6, 6.07) is 7.82. The van der Waals surface area contributed by atoms with Crippen LogP contribution in [0.2, 0.25) is 0 Å². The minimum Gasteiger partial charge on any atom is -0.481 e. The van der Waals surface area contributed by atoms with Gasteiger partial charge in [-0.15, -0.1) is 0 Å².